The van der Waals surface area contributed by atoms with Crippen LogP contribution in [0, 0.1) is 0 Å². The van der Waals surface area contributed by atoms with Crippen LogP contribution >= 0.6 is 11.3 Å². The molecule has 0 aliphatic rings. The molecule has 0 fully saturated rings. The lowest BCUT2D eigenvalue weighted by Gasteiger charge is -2.35. The first-order valence-electron chi connectivity index (χ1n) is 18.7. The summed E-state index contributed by atoms with van der Waals surface area (Å²) in [5, 5.41) is 5.05. The highest BCUT2D eigenvalue weighted by molar-refractivity contribution is 7.26. The first-order chi connectivity index (χ1) is 27.3. The van der Waals surface area contributed by atoms with Gasteiger partial charge >= 0.3 is 0 Å². The van der Waals surface area contributed by atoms with Crippen LogP contribution in [0.15, 0.2) is 218 Å². The van der Waals surface area contributed by atoms with E-state index in [1.165, 1.54) is 42.1 Å². The van der Waals surface area contributed by atoms with Gasteiger partial charge in [-0.1, -0.05) is 170 Å². The molecule has 3 heteroatoms. The summed E-state index contributed by atoms with van der Waals surface area (Å²) >= 11 is 1.88. The van der Waals surface area contributed by atoms with Crippen molar-refractivity contribution in [1.29, 1.82) is 0 Å². The van der Waals surface area contributed by atoms with E-state index in [0.717, 1.165) is 45.3 Å². The van der Waals surface area contributed by atoms with Crippen molar-refractivity contribution in [2.45, 2.75) is 0 Å². The van der Waals surface area contributed by atoms with Crippen molar-refractivity contribution in [2.75, 3.05) is 9.80 Å². The van der Waals surface area contributed by atoms with E-state index >= 15 is 0 Å². The first-order valence-corrected chi connectivity index (χ1v) is 19.5. The minimum atomic E-state index is 1.08. The third-order valence-corrected chi connectivity index (χ3v) is 11.6. The number of hydrogen-bond acceptors (Lipinski definition) is 3. The highest BCUT2D eigenvalue weighted by Gasteiger charge is 2.27. The zero-order valence-corrected chi connectivity index (χ0v) is 30.9. The average molecular weight is 721 g/mol. The normalized spacial score (nSPS) is 11.3. The molecule has 0 aliphatic heterocycles. The van der Waals surface area contributed by atoms with Crippen LogP contribution in [0.4, 0.5) is 34.1 Å². The number of thiophene rings is 1. The second-order valence-electron chi connectivity index (χ2n) is 13.7. The molecule has 9 aromatic carbocycles. The Bertz CT molecular complexity index is 2920. The van der Waals surface area contributed by atoms with E-state index in [9.17, 15) is 0 Å². The summed E-state index contributed by atoms with van der Waals surface area (Å²) in [7, 11) is 0. The summed E-state index contributed by atoms with van der Waals surface area (Å²) in [5.41, 5.74) is 11.2. The molecule has 0 bridgehead atoms. The summed E-state index contributed by atoms with van der Waals surface area (Å²) < 4.78 is 2.55. The van der Waals surface area contributed by atoms with Crippen molar-refractivity contribution in [3.63, 3.8) is 0 Å². The Labute approximate surface area is 325 Å². The van der Waals surface area contributed by atoms with Gasteiger partial charge in [0.15, 0.2) is 0 Å². The molecule has 0 saturated heterocycles. The van der Waals surface area contributed by atoms with Crippen molar-refractivity contribution in [1.82, 2.24) is 0 Å². The van der Waals surface area contributed by atoms with Gasteiger partial charge in [0.25, 0.3) is 0 Å². The lowest BCUT2D eigenvalue weighted by molar-refractivity contribution is 1.23. The van der Waals surface area contributed by atoms with E-state index in [-0.39, 0.29) is 0 Å². The molecule has 2 nitrogen and oxygen atoms in total. The number of nitrogens with zero attached hydrogens (tertiary/aromatic N) is 2. The van der Waals surface area contributed by atoms with Crippen molar-refractivity contribution in [3.05, 3.63) is 218 Å². The smallest absolute Gasteiger partial charge is 0.0717 e. The van der Waals surface area contributed by atoms with Gasteiger partial charge in [0.1, 0.15) is 0 Å². The Hall–Kier alpha value is -6.94. The molecule has 1 aromatic heterocycles. The highest BCUT2D eigenvalue weighted by atomic mass is 32.1. The van der Waals surface area contributed by atoms with Crippen LogP contribution in [-0.2, 0) is 0 Å². The van der Waals surface area contributed by atoms with Gasteiger partial charge in [0.05, 0.1) is 22.7 Å². The molecular weight excluding hydrogens is 685 g/mol. The standard InChI is InChI=1S/C52H36N2S/c1-5-19-37(20-6-1)42-28-15-17-31-47(42)53(40-24-9-3-10-25-40)49-35-46-45-34-33-39-23-13-14-30-44(39)52(45)55-51(46)36-50(49)54(41-26-11-4-12-27-41)48-32-18-16-29-43(48)38-21-7-2-8-22-38/h1-36H. The second-order valence-corrected chi connectivity index (χ2v) is 14.8. The maximum absolute atomic E-state index is 2.46. The van der Waals surface area contributed by atoms with Crippen LogP contribution in [0.3, 0.4) is 0 Å². The van der Waals surface area contributed by atoms with Gasteiger partial charge in [-0.15, -0.1) is 11.3 Å². The van der Waals surface area contributed by atoms with Gasteiger partial charge in [-0.05, 0) is 70.4 Å². The van der Waals surface area contributed by atoms with E-state index in [2.05, 4.69) is 228 Å². The molecule has 10 aromatic rings. The molecule has 0 N–H and O–H groups in total. The van der Waals surface area contributed by atoms with Gasteiger partial charge in [-0.3, -0.25) is 0 Å². The fraction of sp³-hybridized carbons (Fsp3) is 0. The van der Waals surface area contributed by atoms with E-state index in [4.69, 9.17) is 0 Å². The van der Waals surface area contributed by atoms with Crippen LogP contribution < -0.4 is 9.80 Å². The lowest BCUT2D eigenvalue weighted by atomic mass is 9.99. The maximum atomic E-state index is 2.46. The van der Waals surface area contributed by atoms with Gasteiger partial charge < -0.3 is 9.80 Å². The number of benzene rings is 9. The fourth-order valence-electron chi connectivity index (χ4n) is 7.92. The summed E-state index contributed by atoms with van der Waals surface area (Å²) in [6, 6.07) is 78.9. The van der Waals surface area contributed by atoms with E-state index in [1.54, 1.807) is 0 Å². The van der Waals surface area contributed by atoms with E-state index in [1.807, 2.05) is 11.3 Å². The quantitative estimate of drug-likeness (QED) is 0.154. The third-order valence-electron chi connectivity index (χ3n) is 10.4. The minimum absolute atomic E-state index is 1.08. The molecule has 0 amide bonds. The molecule has 0 radical (unpaired) electrons. The number of hydrogen-bond donors (Lipinski definition) is 0. The van der Waals surface area contributed by atoms with E-state index in [0.29, 0.717) is 0 Å². The largest absolute Gasteiger partial charge is 0.308 e. The fourth-order valence-corrected chi connectivity index (χ4v) is 9.17. The summed E-state index contributed by atoms with van der Waals surface area (Å²) in [6.45, 7) is 0. The summed E-state index contributed by atoms with van der Waals surface area (Å²) in [6.07, 6.45) is 0. The Morgan fingerprint density at radius 1 is 0.309 bits per heavy atom. The van der Waals surface area contributed by atoms with Gasteiger partial charge in [-0.2, -0.15) is 0 Å². The Balaban J connectivity index is 1.34. The van der Waals surface area contributed by atoms with Crippen molar-refractivity contribution < 1.29 is 0 Å². The van der Waals surface area contributed by atoms with Gasteiger partial charge in [-0.25, -0.2) is 0 Å². The molecular formula is C52H36N2S. The predicted molar refractivity (Wildman–Crippen MR) is 237 cm³/mol. The van der Waals surface area contributed by atoms with Crippen molar-refractivity contribution in [2.24, 2.45) is 0 Å². The highest BCUT2D eigenvalue weighted by Crippen LogP contribution is 2.52. The van der Waals surface area contributed by atoms with Crippen molar-refractivity contribution >= 4 is 76.4 Å². The molecule has 10 rings (SSSR count). The zero-order chi connectivity index (χ0) is 36.6. The van der Waals surface area contributed by atoms with Crippen LogP contribution in [0.2, 0.25) is 0 Å². The molecule has 0 atom stereocenters. The number of rotatable bonds is 8. The molecule has 0 saturated carbocycles. The molecule has 1 heterocycles. The second kappa shape index (κ2) is 14.1. The lowest BCUT2D eigenvalue weighted by Crippen LogP contribution is -2.18. The number of anilines is 6. The van der Waals surface area contributed by atoms with Gasteiger partial charge in [0.2, 0.25) is 0 Å². The van der Waals surface area contributed by atoms with Crippen LogP contribution in [0.5, 0.6) is 0 Å². The Morgan fingerprint density at radius 3 is 1.33 bits per heavy atom. The van der Waals surface area contributed by atoms with Crippen LogP contribution in [-0.4, -0.2) is 0 Å². The molecule has 55 heavy (non-hydrogen) atoms. The van der Waals surface area contributed by atoms with E-state index < -0.39 is 0 Å². The molecule has 0 spiro atoms. The molecule has 0 unspecified atom stereocenters. The predicted octanol–water partition coefficient (Wildman–Crippen LogP) is 15.5. The molecule has 260 valence electrons. The monoisotopic (exact) mass is 720 g/mol. The average Bonchev–Trinajstić information content (AvgIpc) is 3.64. The Kier molecular flexibility index (Phi) is 8.40. The molecule has 0 aliphatic carbocycles. The SMILES string of the molecule is c1ccc(-c2ccccc2N(c2ccccc2)c2cc3sc4c5ccccc5ccc4c3cc2N(c2ccccc2)c2ccccc2-c2ccccc2)cc1. The first kappa shape index (κ1) is 32.7. The summed E-state index contributed by atoms with van der Waals surface area (Å²) in [5.74, 6) is 0. The van der Waals surface area contributed by atoms with Crippen LogP contribution in [0.25, 0.3) is 53.2 Å². The summed E-state index contributed by atoms with van der Waals surface area (Å²) in [4.78, 5) is 4.92. The third kappa shape index (κ3) is 5.92. The minimum Gasteiger partial charge on any atom is -0.308 e. The zero-order valence-electron chi connectivity index (χ0n) is 30.1. The topological polar surface area (TPSA) is 6.48 Å². The maximum Gasteiger partial charge on any atom is 0.0717 e. The van der Waals surface area contributed by atoms with Crippen molar-refractivity contribution in [3.8, 4) is 22.3 Å². The number of para-hydroxylation sites is 4. The van der Waals surface area contributed by atoms with Crippen LogP contribution in [0.1, 0.15) is 0 Å². The number of fused-ring (bicyclic) bond motifs is 5. The van der Waals surface area contributed by atoms with Gasteiger partial charge in [0, 0.05) is 42.7 Å². The Morgan fingerprint density at radius 2 is 0.764 bits per heavy atom.